The molecule has 0 spiro atoms. The fourth-order valence-corrected chi connectivity index (χ4v) is 3.74. The Morgan fingerprint density at radius 2 is 1.82 bits per heavy atom. The van der Waals surface area contributed by atoms with Gasteiger partial charge in [-0.3, -0.25) is 4.79 Å². The highest BCUT2D eigenvalue weighted by molar-refractivity contribution is 7.89. The van der Waals surface area contributed by atoms with Gasteiger partial charge in [-0.2, -0.15) is 0 Å². The van der Waals surface area contributed by atoms with Crippen molar-refractivity contribution in [2.45, 2.75) is 30.2 Å². The molecule has 0 aromatic heterocycles. The van der Waals surface area contributed by atoms with Crippen LogP contribution < -0.4 is 4.72 Å². The van der Waals surface area contributed by atoms with E-state index in [1.165, 1.54) is 0 Å². The van der Waals surface area contributed by atoms with Gasteiger partial charge in [-0.05, 0) is 38.1 Å². The first-order chi connectivity index (χ1) is 9.97. The van der Waals surface area contributed by atoms with Crippen molar-refractivity contribution in [3.8, 4) is 0 Å². The summed E-state index contributed by atoms with van der Waals surface area (Å²) >= 11 is 0. The molecule has 0 aliphatic carbocycles. The lowest BCUT2D eigenvalue weighted by Crippen LogP contribution is -2.45. The Balaban J connectivity index is 0.00000242. The molecule has 22 heavy (non-hydrogen) atoms. The van der Waals surface area contributed by atoms with Gasteiger partial charge in [0.15, 0.2) is 0 Å². The second-order valence-electron chi connectivity index (χ2n) is 5.19. The Kier molecular flexibility index (Phi) is 7.28. The van der Waals surface area contributed by atoms with Gasteiger partial charge in [0.25, 0.3) is 0 Å². The van der Waals surface area contributed by atoms with Gasteiger partial charge in [-0.15, -0.1) is 12.4 Å². The largest absolute Gasteiger partial charge is 0.481 e. The molecule has 2 N–H and O–H groups in total. The quantitative estimate of drug-likeness (QED) is 0.809. The van der Waals surface area contributed by atoms with E-state index in [4.69, 9.17) is 5.11 Å². The number of piperidine rings is 1. The molecule has 0 unspecified atom stereocenters. The van der Waals surface area contributed by atoms with E-state index < -0.39 is 16.0 Å². The van der Waals surface area contributed by atoms with E-state index in [-0.39, 0.29) is 29.8 Å². The number of benzene rings is 1. The number of likely N-dealkylation sites (tertiary alicyclic amines) is 1. The molecule has 2 rings (SSSR count). The van der Waals surface area contributed by atoms with Crippen molar-refractivity contribution in [2.24, 2.45) is 0 Å². The summed E-state index contributed by atoms with van der Waals surface area (Å²) in [4.78, 5) is 12.9. The van der Waals surface area contributed by atoms with Crippen LogP contribution in [-0.2, 0) is 14.8 Å². The summed E-state index contributed by atoms with van der Waals surface area (Å²) in [6.45, 7) is 1.96. The number of halogens is 1. The Hall–Kier alpha value is -1.15. The summed E-state index contributed by atoms with van der Waals surface area (Å²) in [5.74, 6) is -0.804. The van der Waals surface area contributed by atoms with Crippen molar-refractivity contribution in [3.05, 3.63) is 30.3 Å². The van der Waals surface area contributed by atoms with Crippen molar-refractivity contribution >= 4 is 28.4 Å². The summed E-state index contributed by atoms with van der Waals surface area (Å²) in [5, 5.41) is 8.66. The van der Waals surface area contributed by atoms with Crippen LogP contribution in [0, 0.1) is 0 Å². The van der Waals surface area contributed by atoms with Gasteiger partial charge in [0.05, 0.1) is 11.3 Å². The van der Waals surface area contributed by atoms with Crippen molar-refractivity contribution in [2.75, 3.05) is 19.6 Å². The van der Waals surface area contributed by atoms with Crippen LogP contribution in [0.1, 0.15) is 19.3 Å². The van der Waals surface area contributed by atoms with Gasteiger partial charge in [-0.25, -0.2) is 13.1 Å². The van der Waals surface area contributed by atoms with Crippen molar-refractivity contribution in [1.82, 2.24) is 9.62 Å². The summed E-state index contributed by atoms with van der Waals surface area (Å²) in [7, 11) is -3.47. The number of sulfonamides is 1. The van der Waals surface area contributed by atoms with Crippen molar-refractivity contribution < 1.29 is 18.3 Å². The number of nitrogens with one attached hydrogen (secondary N) is 1. The highest BCUT2D eigenvalue weighted by atomic mass is 35.5. The van der Waals surface area contributed by atoms with E-state index in [1.807, 2.05) is 0 Å². The minimum Gasteiger partial charge on any atom is -0.481 e. The molecular formula is C14H21ClN2O4S. The zero-order valence-corrected chi connectivity index (χ0v) is 13.8. The van der Waals surface area contributed by atoms with Crippen LogP contribution in [0.15, 0.2) is 35.2 Å². The lowest BCUT2D eigenvalue weighted by Gasteiger charge is -2.31. The Labute approximate surface area is 137 Å². The second kappa shape index (κ2) is 8.47. The molecule has 1 aromatic carbocycles. The van der Waals surface area contributed by atoms with E-state index >= 15 is 0 Å². The summed E-state index contributed by atoms with van der Waals surface area (Å²) < 4.78 is 27.1. The second-order valence-corrected chi connectivity index (χ2v) is 6.91. The first-order valence-corrected chi connectivity index (χ1v) is 8.47. The molecule has 1 aromatic rings. The number of hydrogen-bond donors (Lipinski definition) is 2. The van der Waals surface area contributed by atoms with Gasteiger partial charge in [0.1, 0.15) is 0 Å². The summed E-state index contributed by atoms with van der Waals surface area (Å²) in [6.07, 6.45) is 1.53. The number of nitrogens with zero attached hydrogens (tertiary/aromatic N) is 1. The van der Waals surface area contributed by atoms with E-state index in [0.29, 0.717) is 19.4 Å². The van der Waals surface area contributed by atoms with Crippen LogP contribution in [0.4, 0.5) is 0 Å². The van der Waals surface area contributed by atoms with Crippen LogP contribution in [0.3, 0.4) is 0 Å². The summed E-state index contributed by atoms with van der Waals surface area (Å²) in [5.41, 5.74) is 0. The molecule has 1 aliphatic rings. The fraction of sp³-hybridized carbons (Fsp3) is 0.500. The minimum atomic E-state index is -3.47. The van der Waals surface area contributed by atoms with Crippen molar-refractivity contribution in [3.63, 3.8) is 0 Å². The molecule has 1 fully saturated rings. The van der Waals surface area contributed by atoms with Crippen LogP contribution in [0.25, 0.3) is 0 Å². The molecule has 0 saturated carbocycles. The van der Waals surface area contributed by atoms with Crippen LogP contribution in [-0.4, -0.2) is 50.1 Å². The van der Waals surface area contributed by atoms with E-state index in [2.05, 4.69) is 9.62 Å². The lowest BCUT2D eigenvalue weighted by molar-refractivity contribution is -0.137. The van der Waals surface area contributed by atoms with Crippen molar-refractivity contribution in [1.29, 1.82) is 0 Å². The molecule has 0 bridgehead atoms. The minimum absolute atomic E-state index is 0. The average molecular weight is 349 g/mol. The van der Waals surface area contributed by atoms with Gasteiger partial charge in [0, 0.05) is 12.6 Å². The predicted molar refractivity (Wildman–Crippen MR) is 85.7 cm³/mol. The topological polar surface area (TPSA) is 86.7 Å². The van der Waals surface area contributed by atoms with E-state index in [0.717, 1.165) is 13.1 Å². The zero-order valence-electron chi connectivity index (χ0n) is 12.1. The summed E-state index contributed by atoms with van der Waals surface area (Å²) in [6, 6.07) is 8.23. The maximum absolute atomic E-state index is 12.2. The molecule has 0 radical (unpaired) electrons. The van der Waals surface area contributed by atoms with Crippen LogP contribution in [0.5, 0.6) is 0 Å². The van der Waals surface area contributed by atoms with E-state index in [1.54, 1.807) is 30.3 Å². The number of carboxylic acids is 1. The van der Waals surface area contributed by atoms with Crippen LogP contribution >= 0.6 is 12.4 Å². The fourth-order valence-electron chi connectivity index (χ4n) is 2.42. The predicted octanol–water partition coefficient (Wildman–Crippen LogP) is 1.33. The molecule has 1 aliphatic heterocycles. The normalized spacial score (nSPS) is 16.9. The van der Waals surface area contributed by atoms with Gasteiger partial charge >= 0.3 is 5.97 Å². The molecule has 8 heteroatoms. The SMILES string of the molecule is Cl.O=C(O)CCN1CCC(NS(=O)(=O)c2ccccc2)CC1. The first kappa shape index (κ1) is 18.9. The number of carboxylic acid groups (broad SMARTS) is 1. The van der Waals surface area contributed by atoms with Gasteiger partial charge in [0.2, 0.25) is 10.0 Å². The van der Waals surface area contributed by atoms with Gasteiger partial charge < -0.3 is 10.0 Å². The van der Waals surface area contributed by atoms with E-state index in [9.17, 15) is 13.2 Å². The highest BCUT2D eigenvalue weighted by Gasteiger charge is 2.24. The lowest BCUT2D eigenvalue weighted by atomic mass is 10.1. The molecular weight excluding hydrogens is 328 g/mol. The third-order valence-electron chi connectivity index (χ3n) is 3.60. The number of hydrogen-bond acceptors (Lipinski definition) is 4. The molecule has 0 atom stereocenters. The third-order valence-corrected chi connectivity index (χ3v) is 5.14. The highest BCUT2D eigenvalue weighted by Crippen LogP contribution is 2.15. The Morgan fingerprint density at radius 3 is 2.36 bits per heavy atom. The Morgan fingerprint density at radius 1 is 1.23 bits per heavy atom. The maximum Gasteiger partial charge on any atom is 0.304 e. The third kappa shape index (κ3) is 5.57. The number of carbonyl (C=O) groups is 1. The van der Waals surface area contributed by atoms with Crippen LogP contribution in [0.2, 0.25) is 0 Å². The molecule has 0 amide bonds. The maximum atomic E-state index is 12.2. The number of rotatable bonds is 6. The zero-order chi connectivity index (χ0) is 15.3. The Bertz CT molecular complexity index is 572. The first-order valence-electron chi connectivity index (χ1n) is 6.99. The standard InChI is InChI=1S/C14H20N2O4S.ClH/c17-14(18)8-11-16-9-6-12(7-10-16)15-21(19,20)13-4-2-1-3-5-13;/h1-5,12,15H,6-11H2,(H,17,18);1H. The molecule has 124 valence electrons. The average Bonchev–Trinajstić information content (AvgIpc) is 2.47. The molecule has 1 heterocycles. The smallest absolute Gasteiger partial charge is 0.304 e. The molecule has 1 saturated heterocycles. The number of aliphatic carboxylic acids is 1. The molecule has 6 nitrogen and oxygen atoms in total. The van der Waals surface area contributed by atoms with Gasteiger partial charge in [-0.1, -0.05) is 18.2 Å². The monoisotopic (exact) mass is 348 g/mol.